The molecule has 1 aliphatic heterocycles. The van der Waals surface area contributed by atoms with Crippen LogP contribution in [0.4, 0.5) is 15.8 Å². The van der Waals surface area contributed by atoms with Gasteiger partial charge >= 0.3 is 0 Å². The highest BCUT2D eigenvalue weighted by atomic mass is 35.5. The summed E-state index contributed by atoms with van der Waals surface area (Å²) >= 11 is 5.76. The zero-order chi connectivity index (χ0) is 14.2. The van der Waals surface area contributed by atoms with Crippen molar-refractivity contribution in [3.05, 3.63) is 33.1 Å². The number of benzene rings is 1. The van der Waals surface area contributed by atoms with E-state index in [0.717, 1.165) is 12.6 Å². The van der Waals surface area contributed by atoms with Gasteiger partial charge in [0, 0.05) is 25.2 Å². The number of anilines is 1. The molecule has 1 N–H and O–H groups in total. The van der Waals surface area contributed by atoms with Gasteiger partial charge in [0.2, 0.25) is 0 Å². The normalized spacial score (nSPS) is 18.4. The minimum Gasteiger partial charge on any atom is -0.358 e. The fraction of sp³-hybridized carbons (Fsp3) is 0.500. The average Bonchev–Trinajstić information content (AvgIpc) is 2.31. The SMILES string of the molecule is CC1(C)CNCCN1c1cc(Cl)c(F)cc1[N+](=O)[O-]. The summed E-state index contributed by atoms with van der Waals surface area (Å²) < 4.78 is 13.4. The van der Waals surface area contributed by atoms with Gasteiger partial charge in [-0.1, -0.05) is 11.6 Å². The smallest absolute Gasteiger partial charge is 0.295 e. The van der Waals surface area contributed by atoms with E-state index in [4.69, 9.17) is 11.6 Å². The van der Waals surface area contributed by atoms with Crippen molar-refractivity contribution in [3.63, 3.8) is 0 Å². The van der Waals surface area contributed by atoms with Gasteiger partial charge in [0.15, 0.2) is 0 Å². The summed E-state index contributed by atoms with van der Waals surface area (Å²) in [6, 6.07) is 2.22. The number of piperazine rings is 1. The minimum absolute atomic E-state index is 0.102. The number of halogens is 2. The first-order valence-electron chi connectivity index (χ1n) is 5.95. The Morgan fingerprint density at radius 1 is 1.53 bits per heavy atom. The lowest BCUT2D eigenvalue weighted by Crippen LogP contribution is -2.58. The molecule has 0 spiro atoms. The average molecular weight is 288 g/mol. The molecule has 1 fully saturated rings. The zero-order valence-corrected chi connectivity index (χ0v) is 11.5. The van der Waals surface area contributed by atoms with Crippen molar-refractivity contribution in [3.8, 4) is 0 Å². The van der Waals surface area contributed by atoms with Crippen LogP contribution in [0, 0.1) is 15.9 Å². The van der Waals surface area contributed by atoms with Crippen molar-refractivity contribution < 1.29 is 9.31 Å². The van der Waals surface area contributed by atoms with E-state index < -0.39 is 10.7 Å². The van der Waals surface area contributed by atoms with Gasteiger partial charge in [0.05, 0.1) is 16.0 Å². The van der Waals surface area contributed by atoms with Crippen LogP contribution >= 0.6 is 11.6 Å². The maximum Gasteiger partial charge on any atom is 0.295 e. The van der Waals surface area contributed by atoms with E-state index in [1.165, 1.54) is 6.07 Å². The lowest BCUT2D eigenvalue weighted by Gasteiger charge is -2.44. The second kappa shape index (κ2) is 4.94. The largest absolute Gasteiger partial charge is 0.358 e. The number of nitro groups is 1. The zero-order valence-electron chi connectivity index (χ0n) is 10.7. The molecule has 7 heteroatoms. The van der Waals surface area contributed by atoms with E-state index in [9.17, 15) is 14.5 Å². The van der Waals surface area contributed by atoms with Crippen molar-refractivity contribution in [2.45, 2.75) is 19.4 Å². The number of hydrogen-bond donors (Lipinski definition) is 1. The number of nitro benzene ring substituents is 1. The Balaban J connectivity index is 2.54. The third-order valence-corrected chi connectivity index (χ3v) is 3.60. The van der Waals surface area contributed by atoms with E-state index in [2.05, 4.69) is 5.32 Å². The molecule has 5 nitrogen and oxygen atoms in total. The van der Waals surface area contributed by atoms with Gasteiger partial charge in [-0.3, -0.25) is 10.1 Å². The summed E-state index contributed by atoms with van der Waals surface area (Å²) in [5.41, 5.74) is -0.191. The van der Waals surface area contributed by atoms with Gasteiger partial charge in [-0.2, -0.15) is 0 Å². The van der Waals surface area contributed by atoms with E-state index in [1.807, 2.05) is 18.7 Å². The Labute approximate surface area is 115 Å². The predicted molar refractivity (Wildman–Crippen MR) is 72.4 cm³/mol. The first-order chi connectivity index (χ1) is 8.83. The van der Waals surface area contributed by atoms with Crippen molar-refractivity contribution >= 4 is 23.0 Å². The van der Waals surface area contributed by atoms with Gasteiger partial charge < -0.3 is 10.2 Å². The third kappa shape index (κ3) is 2.64. The molecule has 0 saturated carbocycles. The molecule has 0 bridgehead atoms. The predicted octanol–water partition coefficient (Wildman–Crippen LogP) is 2.58. The maximum absolute atomic E-state index is 13.4. The number of nitrogens with one attached hydrogen (secondary N) is 1. The van der Waals surface area contributed by atoms with Gasteiger partial charge in [-0.15, -0.1) is 0 Å². The summed E-state index contributed by atoms with van der Waals surface area (Å²) in [4.78, 5) is 12.4. The topological polar surface area (TPSA) is 58.4 Å². The molecular weight excluding hydrogens is 273 g/mol. The van der Waals surface area contributed by atoms with Crippen LogP contribution in [0.15, 0.2) is 12.1 Å². The van der Waals surface area contributed by atoms with Crippen LogP contribution in [0.5, 0.6) is 0 Å². The van der Waals surface area contributed by atoms with Crippen molar-refractivity contribution in [2.24, 2.45) is 0 Å². The molecule has 0 atom stereocenters. The fourth-order valence-electron chi connectivity index (χ4n) is 2.32. The van der Waals surface area contributed by atoms with Crippen LogP contribution in [0.3, 0.4) is 0 Å². The quantitative estimate of drug-likeness (QED) is 0.671. The lowest BCUT2D eigenvalue weighted by atomic mass is 9.98. The molecule has 104 valence electrons. The van der Waals surface area contributed by atoms with E-state index in [-0.39, 0.29) is 16.2 Å². The number of nitrogens with zero attached hydrogens (tertiary/aromatic N) is 2. The Bertz CT molecular complexity index is 522. The second-order valence-corrected chi connectivity index (χ2v) is 5.56. The van der Waals surface area contributed by atoms with Crippen LogP contribution in [0.25, 0.3) is 0 Å². The second-order valence-electron chi connectivity index (χ2n) is 5.15. The molecule has 1 aromatic rings. The number of rotatable bonds is 2. The molecule has 1 aromatic carbocycles. The van der Waals surface area contributed by atoms with Gasteiger partial charge in [-0.25, -0.2) is 4.39 Å². The highest BCUT2D eigenvalue weighted by Crippen LogP contribution is 2.37. The summed E-state index contributed by atoms with van der Waals surface area (Å²) in [5, 5.41) is 14.2. The summed E-state index contributed by atoms with van der Waals surface area (Å²) in [5.74, 6) is -0.773. The fourth-order valence-corrected chi connectivity index (χ4v) is 2.48. The van der Waals surface area contributed by atoms with E-state index in [1.54, 1.807) is 0 Å². The van der Waals surface area contributed by atoms with Gasteiger partial charge in [-0.05, 0) is 19.9 Å². The first-order valence-corrected chi connectivity index (χ1v) is 6.32. The highest BCUT2D eigenvalue weighted by molar-refractivity contribution is 6.31. The standard InChI is InChI=1S/C12H15ClFN3O2/c1-12(2)7-15-3-4-16(12)10-5-8(13)9(14)6-11(10)17(18)19/h5-6,15H,3-4,7H2,1-2H3. The Hall–Kier alpha value is -1.40. The first kappa shape index (κ1) is 14.0. The highest BCUT2D eigenvalue weighted by Gasteiger charge is 2.34. The van der Waals surface area contributed by atoms with Crippen LogP contribution in [0.1, 0.15) is 13.8 Å². The Kier molecular flexibility index (Phi) is 3.64. The van der Waals surface area contributed by atoms with E-state index in [0.29, 0.717) is 18.8 Å². The summed E-state index contributed by atoms with van der Waals surface area (Å²) in [6.07, 6.45) is 0. The molecule has 1 saturated heterocycles. The Morgan fingerprint density at radius 2 is 2.21 bits per heavy atom. The Morgan fingerprint density at radius 3 is 2.79 bits per heavy atom. The molecular formula is C12H15ClFN3O2. The molecule has 19 heavy (non-hydrogen) atoms. The van der Waals surface area contributed by atoms with Gasteiger partial charge in [0.25, 0.3) is 5.69 Å². The van der Waals surface area contributed by atoms with Crippen molar-refractivity contribution in [1.29, 1.82) is 0 Å². The van der Waals surface area contributed by atoms with Crippen LogP contribution in [-0.2, 0) is 0 Å². The molecule has 0 amide bonds. The molecule has 0 radical (unpaired) electrons. The maximum atomic E-state index is 13.4. The number of hydrogen-bond acceptors (Lipinski definition) is 4. The molecule has 1 heterocycles. The van der Waals surface area contributed by atoms with E-state index >= 15 is 0 Å². The monoisotopic (exact) mass is 287 g/mol. The summed E-state index contributed by atoms with van der Waals surface area (Å²) in [7, 11) is 0. The lowest BCUT2D eigenvalue weighted by molar-refractivity contribution is -0.384. The summed E-state index contributed by atoms with van der Waals surface area (Å²) in [6.45, 7) is 5.96. The molecule has 0 unspecified atom stereocenters. The van der Waals surface area contributed by atoms with Crippen molar-refractivity contribution in [2.75, 3.05) is 24.5 Å². The van der Waals surface area contributed by atoms with Crippen molar-refractivity contribution in [1.82, 2.24) is 5.32 Å². The van der Waals surface area contributed by atoms with Crippen LogP contribution in [-0.4, -0.2) is 30.1 Å². The minimum atomic E-state index is -0.773. The molecule has 1 aliphatic rings. The third-order valence-electron chi connectivity index (χ3n) is 3.31. The molecule has 2 rings (SSSR count). The van der Waals surface area contributed by atoms with Gasteiger partial charge in [0.1, 0.15) is 11.5 Å². The van der Waals surface area contributed by atoms with Crippen LogP contribution < -0.4 is 10.2 Å². The van der Waals surface area contributed by atoms with Crippen LogP contribution in [0.2, 0.25) is 5.02 Å². The molecule has 0 aliphatic carbocycles. The molecule has 0 aromatic heterocycles.